The van der Waals surface area contributed by atoms with Gasteiger partial charge in [0.2, 0.25) is 5.91 Å². The van der Waals surface area contributed by atoms with Gasteiger partial charge in [0.25, 0.3) is 5.91 Å². The molecule has 8 heteroatoms. The molecule has 162 valence electrons. The maximum Gasteiger partial charge on any atom is 0.308 e. The third kappa shape index (κ3) is 4.41. The molecule has 1 amide bonds. The van der Waals surface area contributed by atoms with Crippen molar-refractivity contribution < 1.29 is 24.6 Å². The number of rotatable bonds is 6. The Morgan fingerprint density at radius 1 is 1.10 bits per heavy atom. The van der Waals surface area contributed by atoms with E-state index in [4.69, 9.17) is 16.7 Å². The van der Waals surface area contributed by atoms with Crippen LogP contribution >= 0.6 is 11.6 Å². The maximum atomic E-state index is 13.3. The molecule has 0 saturated heterocycles. The Morgan fingerprint density at radius 2 is 1.74 bits per heavy atom. The lowest BCUT2D eigenvalue weighted by Crippen LogP contribution is -2.34. The number of nitrogens with one attached hydrogen (secondary N) is 1. The molecule has 31 heavy (non-hydrogen) atoms. The Balaban J connectivity index is 2.06. The van der Waals surface area contributed by atoms with Crippen LogP contribution in [-0.4, -0.2) is 39.1 Å². The number of nitrogens with zero attached hydrogens (tertiary/aromatic N) is 1. The zero-order valence-corrected chi connectivity index (χ0v) is 18.1. The number of aromatic hydroxyl groups is 1. The Morgan fingerprint density at radius 3 is 2.35 bits per heavy atom. The van der Waals surface area contributed by atoms with E-state index in [0.717, 1.165) is 0 Å². The van der Waals surface area contributed by atoms with Gasteiger partial charge >= 0.3 is 5.97 Å². The number of halogens is 1. The second-order valence-electron chi connectivity index (χ2n) is 7.55. The number of carbonyl (C=O) groups is 3. The van der Waals surface area contributed by atoms with E-state index >= 15 is 0 Å². The van der Waals surface area contributed by atoms with Crippen molar-refractivity contribution in [1.29, 1.82) is 0 Å². The van der Waals surface area contributed by atoms with Crippen LogP contribution < -0.4 is 5.32 Å². The molecule has 0 spiro atoms. The highest BCUT2D eigenvalue weighted by Crippen LogP contribution is 2.34. The first kappa shape index (κ1) is 22.4. The Bertz CT molecular complexity index is 1170. The van der Waals surface area contributed by atoms with Gasteiger partial charge in [-0.15, -0.1) is 0 Å². The van der Waals surface area contributed by atoms with E-state index in [1.54, 1.807) is 44.2 Å². The summed E-state index contributed by atoms with van der Waals surface area (Å²) < 4.78 is 1.51. The summed E-state index contributed by atoms with van der Waals surface area (Å²) in [6, 6.07) is 11.1. The second-order valence-corrected chi connectivity index (χ2v) is 7.99. The van der Waals surface area contributed by atoms with E-state index < -0.39 is 17.8 Å². The van der Waals surface area contributed by atoms with Crippen LogP contribution in [0.15, 0.2) is 42.5 Å². The van der Waals surface area contributed by atoms with Gasteiger partial charge in [0, 0.05) is 28.2 Å². The van der Waals surface area contributed by atoms with Crippen molar-refractivity contribution in [3.05, 3.63) is 64.3 Å². The van der Waals surface area contributed by atoms with Gasteiger partial charge in [-0.1, -0.05) is 18.5 Å². The summed E-state index contributed by atoms with van der Waals surface area (Å²) in [7, 11) is 0. The standard InChI is InChI=1S/C23H23ClN2O5/c1-12(23(30)31)11-25-21(28)13(2)20-14(3)26(19-9-8-17(27)10-18(19)20)22(29)15-4-6-16(24)7-5-15/h4-10,12-13,27H,11H2,1-3H3,(H,25,28)(H,30,31)/t12?,13-/m1/s1. The van der Waals surface area contributed by atoms with Gasteiger partial charge < -0.3 is 15.5 Å². The summed E-state index contributed by atoms with van der Waals surface area (Å²) in [6.45, 7) is 4.92. The highest BCUT2D eigenvalue weighted by Gasteiger charge is 2.27. The lowest BCUT2D eigenvalue weighted by atomic mass is 9.96. The molecular weight excluding hydrogens is 420 g/mol. The summed E-state index contributed by atoms with van der Waals surface area (Å²) in [5, 5.41) is 22.8. The third-order valence-electron chi connectivity index (χ3n) is 5.36. The molecule has 0 radical (unpaired) electrons. The number of phenols is 1. The van der Waals surface area contributed by atoms with Crippen LogP contribution in [0.25, 0.3) is 10.9 Å². The molecule has 3 aromatic rings. The predicted octanol–water partition coefficient (Wildman–Crippen LogP) is 3.94. The Hall–Kier alpha value is -3.32. The van der Waals surface area contributed by atoms with E-state index in [1.165, 1.54) is 23.6 Å². The number of aromatic nitrogens is 1. The van der Waals surface area contributed by atoms with E-state index in [2.05, 4.69) is 5.32 Å². The summed E-state index contributed by atoms with van der Waals surface area (Å²) in [5.74, 6) is -3.05. The normalized spacial score (nSPS) is 13.0. The van der Waals surface area contributed by atoms with Gasteiger partial charge in [0.1, 0.15) is 5.75 Å². The minimum Gasteiger partial charge on any atom is -0.508 e. The molecule has 0 aliphatic heterocycles. The summed E-state index contributed by atoms with van der Waals surface area (Å²) in [6.07, 6.45) is 0. The van der Waals surface area contributed by atoms with Crippen molar-refractivity contribution in [3.63, 3.8) is 0 Å². The molecule has 7 nitrogen and oxygen atoms in total. The van der Waals surface area contributed by atoms with Crippen LogP contribution in [0.2, 0.25) is 5.02 Å². The number of carboxylic acid groups (broad SMARTS) is 1. The van der Waals surface area contributed by atoms with Gasteiger partial charge in [-0.3, -0.25) is 19.0 Å². The largest absolute Gasteiger partial charge is 0.508 e. The molecule has 3 N–H and O–H groups in total. The van der Waals surface area contributed by atoms with Crippen LogP contribution in [0.4, 0.5) is 0 Å². The fourth-order valence-corrected chi connectivity index (χ4v) is 3.71. The van der Waals surface area contributed by atoms with Gasteiger partial charge in [-0.05, 0) is 61.9 Å². The van der Waals surface area contributed by atoms with Crippen LogP contribution in [0, 0.1) is 12.8 Å². The SMILES string of the molecule is Cc1c([C@@H](C)C(=O)NCC(C)C(=O)O)c2cc(O)ccc2n1C(=O)c1ccc(Cl)cc1. The molecule has 1 aromatic heterocycles. The molecule has 2 aromatic carbocycles. The van der Waals surface area contributed by atoms with Crippen molar-refractivity contribution in [1.82, 2.24) is 9.88 Å². The van der Waals surface area contributed by atoms with Crippen molar-refractivity contribution in [2.45, 2.75) is 26.7 Å². The van der Waals surface area contributed by atoms with Crippen molar-refractivity contribution >= 4 is 40.3 Å². The summed E-state index contributed by atoms with van der Waals surface area (Å²) in [5.41, 5.74) is 2.14. The number of carboxylic acids is 1. The lowest BCUT2D eigenvalue weighted by molar-refractivity contribution is -0.141. The van der Waals surface area contributed by atoms with E-state index in [1.807, 2.05) is 0 Å². The highest BCUT2D eigenvalue weighted by atomic mass is 35.5. The minimum absolute atomic E-state index is 0.00878. The number of aliphatic carboxylic acids is 1. The number of amides is 1. The first-order chi connectivity index (χ1) is 14.6. The molecule has 0 aliphatic carbocycles. The fraction of sp³-hybridized carbons (Fsp3) is 0.261. The zero-order valence-electron chi connectivity index (χ0n) is 17.3. The second kappa shape index (κ2) is 8.81. The maximum absolute atomic E-state index is 13.3. The molecule has 3 rings (SSSR count). The number of phenolic OH excluding ortho intramolecular Hbond substituents is 1. The molecular formula is C23H23ClN2O5. The molecule has 0 aliphatic rings. The first-order valence-corrected chi connectivity index (χ1v) is 10.1. The van der Waals surface area contributed by atoms with Crippen LogP contribution in [0.1, 0.15) is 41.4 Å². The average Bonchev–Trinajstić information content (AvgIpc) is 3.01. The van der Waals surface area contributed by atoms with Crippen molar-refractivity contribution in [2.75, 3.05) is 6.54 Å². The summed E-state index contributed by atoms with van der Waals surface area (Å²) >= 11 is 5.93. The highest BCUT2D eigenvalue weighted by molar-refractivity contribution is 6.30. The number of hydrogen-bond acceptors (Lipinski definition) is 4. The quantitative estimate of drug-likeness (QED) is 0.535. The first-order valence-electron chi connectivity index (χ1n) is 9.76. The van der Waals surface area contributed by atoms with Gasteiger partial charge in [0.15, 0.2) is 0 Å². The van der Waals surface area contributed by atoms with Crippen molar-refractivity contribution in [2.24, 2.45) is 5.92 Å². The van der Waals surface area contributed by atoms with E-state index in [-0.39, 0.29) is 24.1 Å². The van der Waals surface area contributed by atoms with Crippen LogP contribution in [-0.2, 0) is 9.59 Å². The zero-order chi connectivity index (χ0) is 22.9. The molecule has 0 bridgehead atoms. The molecule has 2 atom stereocenters. The number of fused-ring (bicyclic) bond motifs is 1. The van der Waals surface area contributed by atoms with Gasteiger partial charge in [-0.25, -0.2) is 0 Å². The molecule has 0 saturated carbocycles. The number of benzene rings is 2. The van der Waals surface area contributed by atoms with E-state index in [0.29, 0.717) is 32.7 Å². The third-order valence-corrected chi connectivity index (χ3v) is 5.61. The van der Waals surface area contributed by atoms with Crippen molar-refractivity contribution in [3.8, 4) is 5.75 Å². The molecule has 0 fully saturated rings. The Labute approximate surface area is 184 Å². The monoisotopic (exact) mass is 442 g/mol. The van der Waals surface area contributed by atoms with Crippen LogP contribution in [0.5, 0.6) is 5.75 Å². The number of carbonyl (C=O) groups excluding carboxylic acids is 2. The van der Waals surface area contributed by atoms with Gasteiger partial charge in [-0.2, -0.15) is 0 Å². The average molecular weight is 443 g/mol. The lowest BCUT2D eigenvalue weighted by Gasteiger charge is -2.15. The smallest absolute Gasteiger partial charge is 0.308 e. The van der Waals surface area contributed by atoms with Gasteiger partial charge in [0.05, 0.1) is 17.4 Å². The van der Waals surface area contributed by atoms with E-state index in [9.17, 15) is 19.5 Å². The topological polar surface area (TPSA) is 109 Å². The minimum atomic E-state index is -1.00. The number of hydrogen-bond donors (Lipinski definition) is 3. The molecule has 1 unspecified atom stereocenters. The summed E-state index contributed by atoms with van der Waals surface area (Å²) in [4.78, 5) is 37.1. The Kier molecular flexibility index (Phi) is 6.36. The molecule has 1 heterocycles. The predicted molar refractivity (Wildman–Crippen MR) is 118 cm³/mol. The fourth-order valence-electron chi connectivity index (χ4n) is 3.59. The van der Waals surface area contributed by atoms with Crippen LogP contribution in [0.3, 0.4) is 0 Å².